The van der Waals surface area contributed by atoms with Crippen molar-refractivity contribution < 1.29 is 8.81 Å². The van der Waals surface area contributed by atoms with E-state index in [1.165, 1.54) is 43.2 Å². The van der Waals surface area contributed by atoms with E-state index in [2.05, 4.69) is 20.1 Å². The van der Waals surface area contributed by atoms with Crippen molar-refractivity contribution in [2.75, 3.05) is 13.1 Å². The molecule has 0 saturated carbocycles. The molecule has 170 valence electrons. The third kappa shape index (κ3) is 5.29. The van der Waals surface area contributed by atoms with Gasteiger partial charge in [0.25, 0.3) is 0 Å². The number of nitrogens with zero attached hydrogens (tertiary/aromatic N) is 5. The van der Waals surface area contributed by atoms with E-state index in [-0.39, 0.29) is 5.82 Å². The molecule has 1 saturated heterocycles. The van der Waals surface area contributed by atoms with Gasteiger partial charge in [-0.2, -0.15) is 0 Å². The second-order valence-corrected chi connectivity index (χ2v) is 9.34. The first-order chi connectivity index (χ1) is 16.2. The Hall–Kier alpha value is -2.68. The van der Waals surface area contributed by atoms with E-state index in [9.17, 15) is 4.39 Å². The first-order valence-corrected chi connectivity index (χ1v) is 12.3. The van der Waals surface area contributed by atoms with E-state index in [4.69, 9.17) is 16.0 Å². The second kappa shape index (κ2) is 10.1. The Labute approximate surface area is 200 Å². The van der Waals surface area contributed by atoms with Gasteiger partial charge in [0.2, 0.25) is 5.89 Å². The summed E-state index contributed by atoms with van der Waals surface area (Å²) in [6, 6.07) is 13.9. The lowest BCUT2D eigenvalue weighted by atomic mass is 10.1. The number of hydrogen-bond donors (Lipinski definition) is 0. The maximum atomic E-state index is 13.6. The number of rotatable bonds is 7. The summed E-state index contributed by atoms with van der Waals surface area (Å²) in [6.45, 7) is 2.83. The van der Waals surface area contributed by atoms with Gasteiger partial charge in [-0.3, -0.25) is 9.47 Å². The molecule has 5 rings (SSSR count). The van der Waals surface area contributed by atoms with Gasteiger partial charge in [0.05, 0.1) is 18.5 Å². The highest BCUT2D eigenvalue weighted by Gasteiger charge is 2.19. The van der Waals surface area contributed by atoms with Crippen LogP contribution in [0.5, 0.6) is 0 Å². The highest BCUT2D eigenvalue weighted by Crippen LogP contribution is 2.28. The maximum absolute atomic E-state index is 13.6. The Morgan fingerprint density at radius 2 is 1.73 bits per heavy atom. The molecule has 0 radical (unpaired) electrons. The van der Waals surface area contributed by atoms with Crippen molar-refractivity contribution in [3.8, 4) is 17.0 Å². The van der Waals surface area contributed by atoms with Gasteiger partial charge in [0, 0.05) is 16.3 Å². The van der Waals surface area contributed by atoms with Crippen LogP contribution in [0.3, 0.4) is 0 Å². The molecule has 2 aromatic carbocycles. The van der Waals surface area contributed by atoms with Crippen LogP contribution < -0.4 is 0 Å². The summed E-state index contributed by atoms with van der Waals surface area (Å²) in [4.78, 5) is 6.81. The van der Waals surface area contributed by atoms with Gasteiger partial charge in [-0.25, -0.2) is 9.37 Å². The molecule has 1 aliphatic heterocycles. The molecule has 9 heteroatoms. The van der Waals surface area contributed by atoms with Crippen LogP contribution in [0.15, 0.2) is 64.3 Å². The van der Waals surface area contributed by atoms with E-state index in [1.807, 2.05) is 28.8 Å². The summed E-state index contributed by atoms with van der Waals surface area (Å²) in [5, 5.41) is 10.3. The summed E-state index contributed by atoms with van der Waals surface area (Å²) in [5.74, 6) is 2.36. The Morgan fingerprint density at radius 3 is 2.48 bits per heavy atom. The monoisotopic (exact) mass is 483 g/mol. The molecule has 1 aliphatic rings. The predicted molar refractivity (Wildman–Crippen MR) is 127 cm³/mol. The molecule has 0 N–H and O–H groups in total. The lowest BCUT2D eigenvalue weighted by Crippen LogP contribution is -2.30. The number of benzene rings is 2. The molecule has 0 bridgehead atoms. The third-order valence-electron chi connectivity index (χ3n) is 5.61. The number of piperidine rings is 1. The third-order valence-corrected chi connectivity index (χ3v) is 6.77. The number of oxazole rings is 1. The van der Waals surface area contributed by atoms with Crippen LogP contribution >= 0.6 is 23.4 Å². The van der Waals surface area contributed by atoms with Crippen molar-refractivity contribution in [1.82, 2.24) is 24.6 Å². The van der Waals surface area contributed by atoms with E-state index >= 15 is 0 Å². The smallest absolute Gasteiger partial charge is 0.205 e. The number of aromatic nitrogens is 4. The van der Waals surface area contributed by atoms with Crippen LogP contribution in [0.2, 0.25) is 5.02 Å². The molecular weight excluding hydrogens is 461 g/mol. The SMILES string of the molecule is Fc1ccc(-n2c(CN3CCCCC3)nnc2SCc2ncc(-c3ccc(Cl)cc3)o2)cc1. The minimum Gasteiger partial charge on any atom is -0.440 e. The Kier molecular flexibility index (Phi) is 6.75. The number of hydrogen-bond acceptors (Lipinski definition) is 6. The molecule has 6 nitrogen and oxygen atoms in total. The first-order valence-electron chi connectivity index (χ1n) is 10.9. The van der Waals surface area contributed by atoms with Gasteiger partial charge in [-0.15, -0.1) is 10.2 Å². The Morgan fingerprint density at radius 1 is 0.970 bits per heavy atom. The van der Waals surface area contributed by atoms with Crippen molar-refractivity contribution >= 4 is 23.4 Å². The van der Waals surface area contributed by atoms with Crippen molar-refractivity contribution in [2.45, 2.75) is 36.7 Å². The van der Waals surface area contributed by atoms with Crippen molar-refractivity contribution in [2.24, 2.45) is 0 Å². The van der Waals surface area contributed by atoms with Crippen LogP contribution in [0.4, 0.5) is 4.39 Å². The molecular formula is C24H23ClFN5OS. The lowest BCUT2D eigenvalue weighted by Gasteiger charge is -2.26. The summed E-state index contributed by atoms with van der Waals surface area (Å²) < 4.78 is 21.5. The molecule has 0 amide bonds. The summed E-state index contributed by atoms with van der Waals surface area (Å²) in [5.41, 5.74) is 1.76. The topological polar surface area (TPSA) is 60.0 Å². The molecule has 2 aromatic heterocycles. The summed E-state index contributed by atoms with van der Waals surface area (Å²) in [7, 11) is 0. The average molecular weight is 484 g/mol. The fourth-order valence-corrected chi connectivity index (χ4v) is 4.86. The van der Waals surface area contributed by atoms with Gasteiger partial charge in [-0.05, 0) is 74.5 Å². The van der Waals surface area contributed by atoms with Crippen molar-refractivity contribution in [3.05, 3.63) is 77.3 Å². The summed E-state index contributed by atoms with van der Waals surface area (Å²) in [6.07, 6.45) is 5.39. The van der Waals surface area contributed by atoms with Crippen LogP contribution in [0.1, 0.15) is 31.0 Å². The van der Waals surface area contributed by atoms with Gasteiger partial charge >= 0.3 is 0 Å². The zero-order valence-corrected chi connectivity index (χ0v) is 19.5. The van der Waals surface area contributed by atoms with E-state index in [0.717, 1.165) is 35.3 Å². The van der Waals surface area contributed by atoms with Gasteiger partial charge < -0.3 is 4.42 Å². The van der Waals surface area contributed by atoms with Gasteiger partial charge in [-0.1, -0.05) is 29.8 Å². The quantitative estimate of drug-likeness (QED) is 0.301. The fourth-order valence-electron chi connectivity index (χ4n) is 3.91. The molecule has 4 aromatic rings. The minimum atomic E-state index is -0.270. The average Bonchev–Trinajstić information content (AvgIpc) is 3.47. The van der Waals surface area contributed by atoms with Crippen LogP contribution in [-0.2, 0) is 12.3 Å². The zero-order valence-electron chi connectivity index (χ0n) is 18.0. The Bertz CT molecular complexity index is 1200. The highest BCUT2D eigenvalue weighted by atomic mass is 35.5. The maximum Gasteiger partial charge on any atom is 0.205 e. The molecule has 0 spiro atoms. The van der Waals surface area contributed by atoms with E-state index < -0.39 is 0 Å². The van der Waals surface area contributed by atoms with Crippen molar-refractivity contribution in [3.63, 3.8) is 0 Å². The molecule has 1 fully saturated rings. The second-order valence-electron chi connectivity index (χ2n) is 7.96. The standard InChI is InChI=1S/C24H23ClFN5OS/c25-18-6-4-17(5-7-18)21-14-27-23(32-21)16-33-24-29-28-22(15-30-12-2-1-3-13-30)31(24)20-10-8-19(26)9-11-20/h4-11,14H,1-3,12-13,15-16H2. The fraction of sp³-hybridized carbons (Fsp3) is 0.292. The van der Waals surface area contributed by atoms with Crippen LogP contribution in [0.25, 0.3) is 17.0 Å². The molecule has 0 unspecified atom stereocenters. The van der Waals surface area contributed by atoms with Crippen LogP contribution in [0, 0.1) is 5.82 Å². The molecule has 0 atom stereocenters. The van der Waals surface area contributed by atoms with Gasteiger partial charge in [0.1, 0.15) is 5.82 Å². The number of halogens is 2. The highest BCUT2D eigenvalue weighted by molar-refractivity contribution is 7.98. The van der Waals surface area contributed by atoms with Crippen molar-refractivity contribution in [1.29, 1.82) is 0 Å². The van der Waals surface area contributed by atoms with Crippen LogP contribution in [-0.4, -0.2) is 37.7 Å². The Balaban J connectivity index is 1.36. The molecule has 0 aliphatic carbocycles. The van der Waals surface area contributed by atoms with E-state index in [1.54, 1.807) is 18.3 Å². The number of thioether (sulfide) groups is 1. The normalized spacial score (nSPS) is 14.6. The largest absolute Gasteiger partial charge is 0.440 e. The lowest BCUT2D eigenvalue weighted by molar-refractivity contribution is 0.214. The van der Waals surface area contributed by atoms with E-state index in [0.29, 0.717) is 29.0 Å². The zero-order chi connectivity index (χ0) is 22.6. The molecule has 3 heterocycles. The molecule has 33 heavy (non-hydrogen) atoms. The summed E-state index contributed by atoms with van der Waals surface area (Å²) >= 11 is 7.46. The minimum absolute atomic E-state index is 0.270. The first kappa shape index (κ1) is 22.1. The number of likely N-dealkylation sites (tertiary alicyclic amines) is 1. The van der Waals surface area contributed by atoms with Gasteiger partial charge in [0.15, 0.2) is 16.7 Å². The predicted octanol–water partition coefficient (Wildman–Crippen LogP) is 5.99.